The quantitative estimate of drug-likeness (QED) is 0.870. The first-order chi connectivity index (χ1) is 8.90. The lowest BCUT2D eigenvalue weighted by Crippen LogP contribution is -2.32. The molecule has 7 heteroatoms. The molecule has 19 heavy (non-hydrogen) atoms. The smallest absolute Gasteiger partial charge is 0.321 e. The van der Waals surface area contributed by atoms with E-state index in [0.29, 0.717) is 10.9 Å². The summed E-state index contributed by atoms with van der Waals surface area (Å²) >= 11 is 3.12. The Kier molecular flexibility index (Phi) is 5.75. The SMILES string of the molecule is CN(CCCC(=O)O)C(=O)Nc1ccc(Br)cc1F. The van der Waals surface area contributed by atoms with E-state index in [-0.39, 0.29) is 18.7 Å². The maximum absolute atomic E-state index is 13.5. The molecule has 0 atom stereocenters. The van der Waals surface area contributed by atoms with Gasteiger partial charge in [-0.3, -0.25) is 4.79 Å². The Hall–Kier alpha value is -1.63. The molecule has 104 valence electrons. The second-order valence-electron chi connectivity index (χ2n) is 3.97. The normalized spacial score (nSPS) is 10.1. The molecule has 0 saturated heterocycles. The third-order valence-electron chi connectivity index (χ3n) is 2.40. The minimum atomic E-state index is -0.909. The molecule has 1 aromatic carbocycles. The maximum Gasteiger partial charge on any atom is 0.321 e. The number of amides is 2. The van der Waals surface area contributed by atoms with Gasteiger partial charge < -0.3 is 15.3 Å². The van der Waals surface area contributed by atoms with E-state index in [4.69, 9.17) is 5.11 Å². The molecule has 0 spiro atoms. The second kappa shape index (κ2) is 7.08. The van der Waals surface area contributed by atoms with Crippen LogP contribution in [0.3, 0.4) is 0 Å². The number of hydrogen-bond acceptors (Lipinski definition) is 2. The van der Waals surface area contributed by atoms with Crippen LogP contribution in [0.2, 0.25) is 0 Å². The number of aliphatic carboxylic acids is 1. The van der Waals surface area contributed by atoms with Crippen molar-refractivity contribution in [3.8, 4) is 0 Å². The molecular weight excluding hydrogens is 319 g/mol. The van der Waals surface area contributed by atoms with E-state index in [0.717, 1.165) is 0 Å². The van der Waals surface area contributed by atoms with Crippen molar-refractivity contribution in [2.45, 2.75) is 12.8 Å². The zero-order valence-electron chi connectivity index (χ0n) is 10.3. The number of carbonyl (C=O) groups is 2. The topological polar surface area (TPSA) is 69.6 Å². The van der Waals surface area contributed by atoms with E-state index in [1.165, 1.54) is 24.1 Å². The van der Waals surface area contributed by atoms with Gasteiger partial charge in [0, 0.05) is 24.5 Å². The van der Waals surface area contributed by atoms with E-state index in [9.17, 15) is 14.0 Å². The molecule has 0 unspecified atom stereocenters. The van der Waals surface area contributed by atoms with Crippen molar-refractivity contribution < 1.29 is 19.1 Å². The molecule has 1 aromatic rings. The van der Waals surface area contributed by atoms with Gasteiger partial charge >= 0.3 is 12.0 Å². The third-order valence-corrected chi connectivity index (χ3v) is 2.90. The number of rotatable bonds is 5. The number of carboxylic acid groups (broad SMARTS) is 1. The van der Waals surface area contributed by atoms with Crippen LogP contribution in [-0.4, -0.2) is 35.6 Å². The van der Waals surface area contributed by atoms with Crippen LogP contribution >= 0.6 is 15.9 Å². The maximum atomic E-state index is 13.5. The van der Waals surface area contributed by atoms with Crippen LogP contribution in [0.1, 0.15) is 12.8 Å². The van der Waals surface area contributed by atoms with Crippen molar-refractivity contribution >= 4 is 33.6 Å². The summed E-state index contributed by atoms with van der Waals surface area (Å²) in [5.41, 5.74) is 0.0817. The molecule has 5 nitrogen and oxygen atoms in total. The summed E-state index contributed by atoms with van der Waals surface area (Å²) in [6.45, 7) is 0.288. The van der Waals surface area contributed by atoms with Gasteiger partial charge in [0.05, 0.1) is 5.69 Å². The number of carbonyl (C=O) groups excluding carboxylic acids is 1. The predicted molar refractivity (Wildman–Crippen MR) is 72.6 cm³/mol. The van der Waals surface area contributed by atoms with Crippen molar-refractivity contribution in [2.24, 2.45) is 0 Å². The van der Waals surface area contributed by atoms with Gasteiger partial charge in [-0.25, -0.2) is 9.18 Å². The van der Waals surface area contributed by atoms with Crippen molar-refractivity contribution in [1.29, 1.82) is 0 Å². The molecule has 0 aliphatic rings. The van der Waals surface area contributed by atoms with Crippen LogP contribution in [0, 0.1) is 5.82 Å². The molecule has 0 bridgehead atoms. The molecule has 0 fully saturated rings. The summed E-state index contributed by atoms with van der Waals surface area (Å²) in [6.07, 6.45) is 0.340. The summed E-state index contributed by atoms with van der Waals surface area (Å²) in [7, 11) is 1.52. The lowest BCUT2D eigenvalue weighted by molar-refractivity contribution is -0.137. The van der Waals surface area contributed by atoms with Gasteiger partial charge in [0.2, 0.25) is 0 Å². The van der Waals surface area contributed by atoms with Crippen molar-refractivity contribution in [3.63, 3.8) is 0 Å². The fourth-order valence-corrected chi connectivity index (χ4v) is 1.70. The third kappa shape index (κ3) is 5.25. The first kappa shape index (κ1) is 15.4. The van der Waals surface area contributed by atoms with Crippen LogP contribution in [0.15, 0.2) is 22.7 Å². The molecule has 1 rings (SSSR count). The number of hydrogen-bond donors (Lipinski definition) is 2. The molecule has 2 amide bonds. The highest BCUT2D eigenvalue weighted by atomic mass is 79.9. The fourth-order valence-electron chi connectivity index (χ4n) is 1.37. The summed E-state index contributed by atoms with van der Waals surface area (Å²) < 4.78 is 14.1. The summed E-state index contributed by atoms with van der Waals surface area (Å²) in [5, 5.41) is 10.9. The van der Waals surface area contributed by atoms with Gasteiger partial charge in [-0.2, -0.15) is 0 Å². The Morgan fingerprint density at radius 1 is 1.47 bits per heavy atom. The number of nitrogens with zero attached hydrogens (tertiary/aromatic N) is 1. The van der Waals surface area contributed by atoms with E-state index < -0.39 is 17.8 Å². The van der Waals surface area contributed by atoms with Crippen molar-refractivity contribution in [3.05, 3.63) is 28.5 Å². The van der Waals surface area contributed by atoms with Gasteiger partial charge in [-0.1, -0.05) is 15.9 Å². The monoisotopic (exact) mass is 332 g/mol. The zero-order valence-corrected chi connectivity index (χ0v) is 11.9. The Bertz CT molecular complexity index is 482. The molecule has 0 aliphatic heterocycles. The minimum absolute atomic E-state index is 0.00966. The Morgan fingerprint density at radius 3 is 2.74 bits per heavy atom. The Balaban J connectivity index is 2.51. The molecule has 2 N–H and O–H groups in total. The molecular formula is C12H14BrFN2O3. The van der Waals surface area contributed by atoms with Gasteiger partial charge in [-0.05, 0) is 24.6 Å². The van der Waals surface area contributed by atoms with Crippen molar-refractivity contribution in [2.75, 3.05) is 18.9 Å². The highest BCUT2D eigenvalue weighted by molar-refractivity contribution is 9.10. The van der Waals surface area contributed by atoms with E-state index in [2.05, 4.69) is 21.2 Å². The lowest BCUT2D eigenvalue weighted by atomic mass is 10.3. The summed E-state index contributed by atoms with van der Waals surface area (Å²) in [4.78, 5) is 23.4. The lowest BCUT2D eigenvalue weighted by Gasteiger charge is -2.17. The minimum Gasteiger partial charge on any atom is -0.481 e. The first-order valence-corrected chi connectivity index (χ1v) is 6.38. The van der Waals surface area contributed by atoms with Gasteiger partial charge in [0.1, 0.15) is 5.82 Å². The van der Waals surface area contributed by atoms with Crippen LogP contribution < -0.4 is 5.32 Å². The first-order valence-electron chi connectivity index (χ1n) is 5.59. The molecule has 0 heterocycles. The fraction of sp³-hybridized carbons (Fsp3) is 0.333. The average Bonchev–Trinajstić information content (AvgIpc) is 2.32. The van der Waals surface area contributed by atoms with E-state index >= 15 is 0 Å². The number of carboxylic acids is 1. The van der Waals surface area contributed by atoms with E-state index in [1.807, 2.05) is 0 Å². The number of anilines is 1. The molecule has 0 aromatic heterocycles. The van der Waals surface area contributed by atoms with Gasteiger partial charge in [0.15, 0.2) is 0 Å². The number of halogens is 2. The zero-order chi connectivity index (χ0) is 14.4. The number of nitrogens with one attached hydrogen (secondary N) is 1. The number of benzene rings is 1. The van der Waals surface area contributed by atoms with Gasteiger partial charge in [-0.15, -0.1) is 0 Å². The van der Waals surface area contributed by atoms with E-state index in [1.54, 1.807) is 6.07 Å². The average molecular weight is 333 g/mol. The molecule has 0 aliphatic carbocycles. The Labute approximate surface area is 118 Å². The predicted octanol–water partition coefficient (Wildman–Crippen LogP) is 2.92. The summed E-state index contributed by atoms with van der Waals surface area (Å²) in [5.74, 6) is -1.45. The number of urea groups is 1. The highest BCUT2D eigenvalue weighted by Crippen LogP contribution is 2.19. The second-order valence-corrected chi connectivity index (χ2v) is 4.89. The van der Waals surface area contributed by atoms with Crippen LogP contribution in [0.5, 0.6) is 0 Å². The van der Waals surface area contributed by atoms with Crippen LogP contribution in [-0.2, 0) is 4.79 Å². The van der Waals surface area contributed by atoms with Crippen molar-refractivity contribution in [1.82, 2.24) is 4.90 Å². The largest absolute Gasteiger partial charge is 0.481 e. The van der Waals surface area contributed by atoms with Crippen LogP contribution in [0.4, 0.5) is 14.9 Å². The summed E-state index contributed by atoms with van der Waals surface area (Å²) in [6, 6.07) is 3.83. The molecule has 0 saturated carbocycles. The molecule has 0 radical (unpaired) electrons. The van der Waals surface area contributed by atoms with Crippen LogP contribution in [0.25, 0.3) is 0 Å². The highest BCUT2D eigenvalue weighted by Gasteiger charge is 2.11. The standard InChI is InChI=1S/C12H14BrFN2O3/c1-16(6-2-3-11(17)18)12(19)15-10-5-4-8(13)7-9(10)14/h4-5,7H,2-3,6H2,1H3,(H,15,19)(H,17,18). The van der Waals surface area contributed by atoms with Gasteiger partial charge in [0.25, 0.3) is 0 Å². The Morgan fingerprint density at radius 2 is 2.16 bits per heavy atom.